The van der Waals surface area contributed by atoms with Crippen LogP contribution in [0.2, 0.25) is 5.02 Å². The van der Waals surface area contributed by atoms with E-state index < -0.39 is 0 Å². The summed E-state index contributed by atoms with van der Waals surface area (Å²) >= 11 is 6.26. The second-order valence-electron chi connectivity index (χ2n) is 5.63. The molecule has 0 heterocycles. The van der Waals surface area contributed by atoms with Gasteiger partial charge in [-0.2, -0.15) is 0 Å². The second kappa shape index (κ2) is 6.50. The summed E-state index contributed by atoms with van der Waals surface area (Å²) in [6.07, 6.45) is 2.52. The molecule has 0 spiro atoms. The van der Waals surface area contributed by atoms with Crippen LogP contribution >= 0.6 is 11.6 Å². The van der Waals surface area contributed by atoms with Crippen LogP contribution in [0, 0.1) is 6.92 Å². The third-order valence-corrected chi connectivity index (χ3v) is 4.01. The Morgan fingerprint density at radius 3 is 2.67 bits per heavy atom. The lowest BCUT2D eigenvalue weighted by molar-refractivity contribution is 0.201. The SMILES string of the molecule is Cc1ccc(Cl)c(OC(CNC2CC2)c2ccccc2)c1. The zero-order valence-electron chi connectivity index (χ0n) is 12.2. The van der Waals surface area contributed by atoms with Crippen LogP contribution in [0.1, 0.15) is 30.1 Å². The van der Waals surface area contributed by atoms with E-state index in [2.05, 4.69) is 17.4 Å². The Labute approximate surface area is 131 Å². The van der Waals surface area contributed by atoms with Crippen LogP contribution in [0.4, 0.5) is 0 Å². The average molecular weight is 302 g/mol. The zero-order valence-corrected chi connectivity index (χ0v) is 12.9. The highest BCUT2D eigenvalue weighted by Crippen LogP contribution is 2.30. The number of rotatable bonds is 6. The average Bonchev–Trinajstić information content (AvgIpc) is 3.32. The van der Waals surface area contributed by atoms with Crippen molar-refractivity contribution in [2.45, 2.75) is 31.9 Å². The van der Waals surface area contributed by atoms with Gasteiger partial charge in [0.05, 0.1) is 5.02 Å². The van der Waals surface area contributed by atoms with Crippen LogP contribution in [0.5, 0.6) is 5.75 Å². The molecule has 2 aromatic carbocycles. The van der Waals surface area contributed by atoms with Crippen LogP contribution < -0.4 is 10.1 Å². The molecule has 0 amide bonds. The molecule has 1 saturated carbocycles. The molecule has 2 aromatic rings. The van der Waals surface area contributed by atoms with Gasteiger partial charge < -0.3 is 10.1 Å². The third kappa shape index (κ3) is 3.99. The van der Waals surface area contributed by atoms with Crippen molar-refractivity contribution in [3.8, 4) is 5.75 Å². The molecule has 3 rings (SSSR count). The van der Waals surface area contributed by atoms with Crippen LogP contribution in [0.3, 0.4) is 0 Å². The largest absolute Gasteiger partial charge is 0.483 e. The summed E-state index contributed by atoms with van der Waals surface area (Å²) in [4.78, 5) is 0. The van der Waals surface area contributed by atoms with Crippen molar-refractivity contribution in [3.63, 3.8) is 0 Å². The van der Waals surface area contributed by atoms with Gasteiger partial charge in [-0.05, 0) is 43.0 Å². The molecule has 1 N–H and O–H groups in total. The lowest BCUT2D eigenvalue weighted by Gasteiger charge is -2.21. The van der Waals surface area contributed by atoms with Crippen molar-refractivity contribution in [1.29, 1.82) is 0 Å². The summed E-state index contributed by atoms with van der Waals surface area (Å²) in [6, 6.07) is 16.8. The predicted molar refractivity (Wildman–Crippen MR) is 87.0 cm³/mol. The van der Waals surface area contributed by atoms with Gasteiger partial charge in [-0.3, -0.25) is 0 Å². The Morgan fingerprint density at radius 2 is 1.95 bits per heavy atom. The molecule has 1 fully saturated rings. The number of hydrogen-bond donors (Lipinski definition) is 1. The highest BCUT2D eigenvalue weighted by Gasteiger charge is 2.23. The minimum absolute atomic E-state index is 0.0221. The standard InChI is InChI=1S/C18H20ClNO/c1-13-7-10-16(19)17(11-13)21-18(12-20-15-8-9-15)14-5-3-2-4-6-14/h2-7,10-11,15,18,20H,8-9,12H2,1H3. The van der Waals surface area contributed by atoms with Crippen molar-refractivity contribution < 1.29 is 4.74 Å². The normalized spacial score (nSPS) is 15.7. The quantitative estimate of drug-likeness (QED) is 0.847. The summed E-state index contributed by atoms with van der Waals surface area (Å²) in [6.45, 7) is 2.85. The fourth-order valence-corrected chi connectivity index (χ4v) is 2.47. The zero-order chi connectivity index (χ0) is 14.7. The predicted octanol–water partition coefficient (Wildman–Crippen LogP) is 4.52. The van der Waals surface area contributed by atoms with E-state index in [4.69, 9.17) is 16.3 Å². The van der Waals surface area contributed by atoms with Crippen LogP contribution in [-0.2, 0) is 0 Å². The molecule has 0 saturated heterocycles. The second-order valence-corrected chi connectivity index (χ2v) is 6.04. The minimum Gasteiger partial charge on any atom is -0.483 e. The van der Waals surface area contributed by atoms with Crippen molar-refractivity contribution in [1.82, 2.24) is 5.32 Å². The molecular formula is C18H20ClNO. The number of nitrogens with one attached hydrogen (secondary N) is 1. The Kier molecular flexibility index (Phi) is 4.47. The van der Waals surface area contributed by atoms with Gasteiger partial charge >= 0.3 is 0 Å². The summed E-state index contributed by atoms with van der Waals surface area (Å²) in [5, 5.41) is 4.20. The summed E-state index contributed by atoms with van der Waals surface area (Å²) in [7, 11) is 0. The highest BCUT2D eigenvalue weighted by molar-refractivity contribution is 6.32. The fraction of sp³-hybridized carbons (Fsp3) is 0.333. The highest BCUT2D eigenvalue weighted by atomic mass is 35.5. The first-order valence-corrected chi connectivity index (χ1v) is 7.81. The number of ether oxygens (including phenoxy) is 1. The summed E-state index contributed by atoms with van der Waals surface area (Å²) < 4.78 is 6.20. The molecule has 0 bridgehead atoms. The lowest BCUT2D eigenvalue weighted by Crippen LogP contribution is -2.26. The smallest absolute Gasteiger partial charge is 0.139 e. The van der Waals surface area contributed by atoms with Gasteiger partial charge in [-0.1, -0.05) is 48.0 Å². The van der Waals surface area contributed by atoms with E-state index in [9.17, 15) is 0 Å². The Bertz CT molecular complexity index is 595. The molecule has 0 radical (unpaired) electrons. The van der Waals surface area contributed by atoms with Gasteiger partial charge in [-0.15, -0.1) is 0 Å². The number of benzene rings is 2. The van der Waals surface area contributed by atoms with E-state index in [0.29, 0.717) is 11.1 Å². The molecule has 1 unspecified atom stereocenters. The van der Waals surface area contributed by atoms with Gasteiger partial charge in [0.1, 0.15) is 11.9 Å². The first-order valence-electron chi connectivity index (χ1n) is 7.43. The maximum atomic E-state index is 6.26. The van der Waals surface area contributed by atoms with E-state index in [-0.39, 0.29) is 6.10 Å². The molecule has 2 nitrogen and oxygen atoms in total. The molecule has 0 aliphatic heterocycles. The van der Waals surface area contributed by atoms with Gasteiger partial charge in [-0.25, -0.2) is 0 Å². The van der Waals surface area contributed by atoms with Crippen LogP contribution in [0.15, 0.2) is 48.5 Å². The van der Waals surface area contributed by atoms with E-state index in [0.717, 1.165) is 17.9 Å². The summed E-state index contributed by atoms with van der Waals surface area (Å²) in [5.74, 6) is 0.753. The Balaban J connectivity index is 1.78. The first-order chi connectivity index (χ1) is 10.2. The summed E-state index contributed by atoms with van der Waals surface area (Å²) in [5.41, 5.74) is 2.32. The maximum absolute atomic E-state index is 6.26. The van der Waals surface area contributed by atoms with Crippen molar-refractivity contribution in [2.24, 2.45) is 0 Å². The van der Waals surface area contributed by atoms with Gasteiger partial charge in [0.2, 0.25) is 0 Å². The molecule has 0 aromatic heterocycles. The molecule has 1 aliphatic carbocycles. The molecule has 1 atom stereocenters. The Hall–Kier alpha value is -1.51. The lowest BCUT2D eigenvalue weighted by atomic mass is 10.1. The van der Waals surface area contributed by atoms with Crippen LogP contribution in [-0.4, -0.2) is 12.6 Å². The van der Waals surface area contributed by atoms with Crippen molar-refractivity contribution >= 4 is 11.6 Å². The van der Waals surface area contributed by atoms with Gasteiger partial charge in [0.25, 0.3) is 0 Å². The first kappa shape index (κ1) is 14.4. The van der Waals surface area contributed by atoms with E-state index in [1.54, 1.807) is 0 Å². The number of halogens is 1. The van der Waals surface area contributed by atoms with E-state index >= 15 is 0 Å². The fourth-order valence-electron chi connectivity index (χ4n) is 2.31. The monoisotopic (exact) mass is 301 g/mol. The molecule has 110 valence electrons. The van der Waals surface area contributed by atoms with E-state index in [1.807, 2.05) is 43.3 Å². The number of hydrogen-bond acceptors (Lipinski definition) is 2. The molecule has 21 heavy (non-hydrogen) atoms. The van der Waals surface area contributed by atoms with E-state index in [1.165, 1.54) is 18.4 Å². The van der Waals surface area contributed by atoms with Gasteiger partial charge in [0, 0.05) is 12.6 Å². The molecule has 3 heteroatoms. The molecule has 1 aliphatic rings. The maximum Gasteiger partial charge on any atom is 0.139 e. The molecular weight excluding hydrogens is 282 g/mol. The third-order valence-electron chi connectivity index (χ3n) is 3.70. The van der Waals surface area contributed by atoms with Crippen molar-refractivity contribution in [2.75, 3.05) is 6.54 Å². The Morgan fingerprint density at radius 1 is 1.19 bits per heavy atom. The van der Waals surface area contributed by atoms with Crippen molar-refractivity contribution in [3.05, 3.63) is 64.7 Å². The number of aryl methyl sites for hydroxylation is 1. The van der Waals surface area contributed by atoms with Crippen LogP contribution in [0.25, 0.3) is 0 Å². The topological polar surface area (TPSA) is 21.3 Å². The van der Waals surface area contributed by atoms with Gasteiger partial charge in [0.15, 0.2) is 0 Å². The minimum atomic E-state index is -0.0221.